The van der Waals surface area contributed by atoms with Gasteiger partial charge in [-0.3, -0.25) is 4.79 Å². The van der Waals surface area contributed by atoms with Gasteiger partial charge in [-0.25, -0.2) is 8.78 Å². The van der Waals surface area contributed by atoms with Crippen molar-refractivity contribution in [2.75, 3.05) is 0 Å². The molecule has 2 unspecified atom stereocenters. The van der Waals surface area contributed by atoms with Crippen molar-refractivity contribution in [3.63, 3.8) is 0 Å². The Labute approximate surface area is 90.2 Å². The fourth-order valence-corrected chi connectivity index (χ4v) is 2.53. The Morgan fingerprint density at radius 3 is 2.53 bits per heavy atom. The van der Waals surface area contributed by atoms with Crippen LogP contribution in [-0.4, -0.2) is 12.2 Å². The van der Waals surface area contributed by atoms with Crippen LogP contribution in [0.25, 0.3) is 0 Å². The Kier molecular flexibility index (Phi) is 3.85. The number of hydrogen-bond donors (Lipinski definition) is 0. The zero-order valence-corrected chi connectivity index (χ0v) is 9.72. The molecule has 0 amide bonds. The fraction of sp³-hybridized carbons (Fsp3) is 0.917. The summed E-state index contributed by atoms with van der Waals surface area (Å²) in [5.41, 5.74) is -0.0816. The number of carbonyl (C=O) groups excluding carboxylic acids is 1. The first kappa shape index (κ1) is 12.6. The molecule has 1 aliphatic rings. The van der Waals surface area contributed by atoms with Crippen LogP contribution in [0.15, 0.2) is 0 Å². The van der Waals surface area contributed by atoms with Gasteiger partial charge in [0.15, 0.2) is 0 Å². The van der Waals surface area contributed by atoms with Crippen LogP contribution in [0.2, 0.25) is 0 Å². The van der Waals surface area contributed by atoms with Crippen molar-refractivity contribution < 1.29 is 13.6 Å². The van der Waals surface area contributed by atoms with Crippen molar-refractivity contribution in [3.8, 4) is 0 Å². The van der Waals surface area contributed by atoms with Crippen molar-refractivity contribution in [3.05, 3.63) is 0 Å². The highest BCUT2D eigenvalue weighted by atomic mass is 19.3. The standard InChI is InChI=1S/C12H20F2O/c1-4-12(2,3)10-6-5-8(15)7-9(10)11(13)14/h9-11H,4-7H2,1-3H3. The van der Waals surface area contributed by atoms with Crippen LogP contribution in [0.5, 0.6) is 0 Å². The van der Waals surface area contributed by atoms with E-state index in [0.717, 1.165) is 6.42 Å². The number of rotatable bonds is 3. The fourth-order valence-electron chi connectivity index (χ4n) is 2.53. The lowest BCUT2D eigenvalue weighted by molar-refractivity contribution is -0.128. The van der Waals surface area contributed by atoms with Gasteiger partial charge in [0.1, 0.15) is 5.78 Å². The molecular formula is C12H20F2O. The van der Waals surface area contributed by atoms with Gasteiger partial charge in [0.2, 0.25) is 6.43 Å². The van der Waals surface area contributed by atoms with Crippen molar-refractivity contribution in [1.29, 1.82) is 0 Å². The molecule has 1 saturated carbocycles. The second kappa shape index (κ2) is 4.58. The number of hydrogen-bond acceptors (Lipinski definition) is 1. The first-order valence-corrected chi connectivity index (χ1v) is 5.68. The molecule has 0 N–H and O–H groups in total. The Morgan fingerprint density at radius 2 is 2.07 bits per heavy atom. The van der Waals surface area contributed by atoms with Gasteiger partial charge in [0, 0.05) is 18.8 Å². The summed E-state index contributed by atoms with van der Waals surface area (Å²) in [6.45, 7) is 6.09. The van der Waals surface area contributed by atoms with E-state index in [1.54, 1.807) is 0 Å². The van der Waals surface area contributed by atoms with Crippen LogP contribution in [0.3, 0.4) is 0 Å². The SMILES string of the molecule is CCC(C)(C)C1CCC(=O)CC1C(F)F. The van der Waals surface area contributed by atoms with E-state index in [4.69, 9.17) is 0 Å². The second-order valence-corrected chi connectivity index (χ2v) is 5.23. The van der Waals surface area contributed by atoms with E-state index in [9.17, 15) is 13.6 Å². The number of carbonyl (C=O) groups is 1. The molecule has 0 aromatic heterocycles. The summed E-state index contributed by atoms with van der Waals surface area (Å²) >= 11 is 0. The monoisotopic (exact) mass is 218 g/mol. The second-order valence-electron chi connectivity index (χ2n) is 5.23. The Hall–Kier alpha value is -0.470. The van der Waals surface area contributed by atoms with Crippen molar-refractivity contribution in [1.82, 2.24) is 0 Å². The normalized spacial score (nSPS) is 28.5. The summed E-state index contributed by atoms with van der Waals surface area (Å²) < 4.78 is 25.7. The predicted octanol–water partition coefficient (Wildman–Crippen LogP) is 3.67. The maximum absolute atomic E-state index is 12.9. The third-order valence-electron chi connectivity index (χ3n) is 3.95. The van der Waals surface area contributed by atoms with Gasteiger partial charge in [-0.1, -0.05) is 27.2 Å². The lowest BCUT2D eigenvalue weighted by Crippen LogP contribution is -2.38. The summed E-state index contributed by atoms with van der Waals surface area (Å²) in [5.74, 6) is -0.732. The molecule has 1 nitrogen and oxygen atoms in total. The van der Waals surface area contributed by atoms with Gasteiger partial charge >= 0.3 is 0 Å². The molecule has 1 aliphatic carbocycles. The topological polar surface area (TPSA) is 17.1 Å². The summed E-state index contributed by atoms with van der Waals surface area (Å²) in [7, 11) is 0. The molecule has 0 aliphatic heterocycles. The maximum Gasteiger partial charge on any atom is 0.242 e. The van der Waals surface area contributed by atoms with Crippen LogP contribution < -0.4 is 0 Å². The highest BCUT2D eigenvalue weighted by molar-refractivity contribution is 5.79. The molecule has 1 rings (SSSR count). The van der Waals surface area contributed by atoms with Gasteiger partial charge in [-0.2, -0.15) is 0 Å². The summed E-state index contributed by atoms with van der Waals surface area (Å²) in [5, 5.41) is 0. The van der Waals surface area contributed by atoms with Crippen LogP contribution >= 0.6 is 0 Å². The number of halogens is 2. The molecule has 3 heteroatoms. The van der Waals surface area contributed by atoms with Crippen molar-refractivity contribution in [2.24, 2.45) is 17.3 Å². The average molecular weight is 218 g/mol. The van der Waals surface area contributed by atoms with Gasteiger partial charge in [-0.15, -0.1) is 0 Å². The van der Waals surface area contributed by atoms with E-state index in [2.05, 4.69) is 0 Å². The van der Waals surface area contributed by atoms with Crippen LogP contribution in [-0.2, 0) is 4.79 Å². The van der Waals surface area contributed by atoms with E-state index in [1.165, 1.54) is 0 Å². The molecule has 0 aromatic carbocycles. The molecule has 0 saturated heterocycles. The van der Waals surface area contributed by atoms with E-state index >= 15 is 0 Å². The lowest BCUT2D eigenvalue weighted by Gasteiger charge is -2.41. The van der Waals surface area contributed by atoms with Gasteiger partial charge in [0.05, 0.1) is 0 Å². The quantitative estimate of drug-likeness (QED) is 0.706. The Morgan fingerprint density at radius 1 is 1.47 bits per heavy atom. The molecular weight excluding hydrogens is 198 g/mol. The lowest BCUT2D eigenvalue weighted by atomic mass is 9.64. The first-order valence-electron chi connectivity index (χ1n) is 5.68. The third-order valence-corrected chi connectivity index (χ3v) is 3.95. The number of Topliss-reactive ketones (excluding diaryl/α,β-unsaturated/α-hetero) is 1. The Bertz CT molecular complexity index is 236. The molecule has 88 valence electrons. The number of ketones is 1. The average Bonchev–Trinajstić information content (AvgIpc) is 2.17. The smallest absolute Gasteiger partial charge is 0.242 e. The molecule has 15 heavy (non-hydrogen) atoms. The molecule has 0 heterocycles. The highest BCUT2D eigenvalue weighted by Crippen LogP contribution is 2.45. The first-order chi connectivity index (χ1) is 6.88. The highest BCUT2D eigenvalue weighted by Gasteiger charge is 2.42. The molecule has 2 atom stereocenters. The summed E-state index contributed by atoms with van der Waals surface area (Å²) in [4.78, 5) is 11.2. The number of alkyl halides is 2. The van der Waals surface area contributed by atoms with Crippen LogP contribution in [0.1, 0.15) is 46.5 Å². The van der Waals surface area contributed by atoms with Crippen molar-refractivity contribution >= 4 is 5.78 Å². The minimum absolute atomic E-state index is 0.00320. The zero-order valence-electron chi connectivity index (χ0n) is 9.72. The van der Waals surface area contributed by atoms with E-state index in [-0.39, 0.29) is 23.5 Å². The van der Waals surface area contributed by atoms with Crippen molar-refractivity contribution in [2.45, 2.75) is 52.9 Å². The van der Waals surface area contributed by atoms with Crippen LogP contribution in [0.4, 0.5) is 8.78 Å². The third kappa shape index (κ3) is 2.76. The molecule has 1 fully saturated rings. The minimum atomic E-state index is -2.36. The minimum Gasteiger partial charge on any atom is -0.300 e. The molecule has 0 spiro atoms. The van der Waals surface area contributed by atoms with Gasteiger partial charge < -0.3 is 0 Å². The molecule has 0 aromatic rings. The van der Waals surface area contributed by atoms with Crippen LogP contribution in [0, 0.1) is 17.3 Å². The van der Waals surface area contributed by atoms with E-state index in [1.807, 2.05) is 20.8 Å². The maximum atomic E-state index is 12.9. The Balaban J connectivity index is 2.81. The predicted molar refractivity (Wildman–Crippen MR) is 55.9 cm³/mol. The van der Waals surface area contributed by atoms with E-state index in [0.29, 0.717) is 12.8 Å². The van der Waals surface area contributed by atoms with Gasteiger partial charge in [0.25, 0.3) is 0 Å². The van der Waals surface area contributed by atoms with Gasteiger partial charge in [-0.05, 0) is 17.8 Å². The molecule has 0 bridgehead atoms. The summed E-state index contributed by atoms with van der Waals surface area (Å²) in [6, 6.07) is 0. The molecule has 0 radical (unpaired) electrons. The summed E-state index contributed by atoms with van der Waals surface area (Å²) in [6.07, 6.45) is -0.280. The van der Waals surface area contributed by atoms with E-state index < -0.39 is 12.3 Å². The zero-order chi connectivity index (χ0) is 11.6. The largest absolute Gasteiger partial charge is 0.300 e.